The van der Waals surface area contributed by atoms with Crippen molar-refractivity contribution >= 4 is 43.8 Å². The Morgan fingerprint density at radius 3 is 2.57 bits per heavy atom. The molecule has 3 aromatic heterocycles. The molecular formula is C15H18N6S2. The van der Waals surface area contributed by atoms with Gasteiger partial charge in [-0.15, -0.1) is 21.5 Å². The highest BCUT2D eigenvalue weighted by Crippen LogP contribution is 2.30. The number of anilines is 2. The third-order valence-electron chi connectivity index (χ3n) is 4.00. The average Bonchev–Trinajstić information content (AvgIpc) is 3.24. The summed E-state index contributed by atoms with van der Waals surface area (Å²) in [5.74, 6) is 1.50. The molecule has 0 bridgehead atoms. The van der Waals surface area contributed by atoms with Crippen molar-refractivity contribution in [1.29, 1.82) is 0 Å². The molecule has 0 radical (unpaired) electrons. The summed E-state index contributed by atoms with van der Waals surface area (Å²) in [5, 5.41) is 12.9. The topological polar surface area (TPSA) is 58.0 Å². The maximum Gasteiger partial charge on any atom is 0.208 e. The Bertz CT molecular complexity index is 803. The van der Waals surface area contributed by atoms with E-state index in [1.165, 1.54) is 4.70 Å². The van der Waals surface area contributed by atoms with Gasteiger partial charge < -0.3 is 9.80 Å². The number of thiophene rings is 1. The van der Waals surface area contributed by atoms with Gasteiger partial charge in [-0.1, -0.05) is 25.2 Å². The van der Waals surface area contributed by atoms with Crippen LogP contribution in [0.5, 0.6) is 0 Å². The lowest BCUT2D eigenvalue weighted by atomic mass is 10.2. The largest absolute Gasteiger partial charge is 0.352 e. The van der Waals surface area contributed by atoms with Crippen molar-refractivity contribution < 1.29 is 0 Å². The molecule has 23 heavy (non-hydrogen) atoms. The highest BCUT2D eigenvalue weighted by molar-refractivity contribution is 7.17. The van der Waals surface area contributed by atoms with Crippen LogP contribution in [0.4, 0.5) is 10.9 Å². The minimum atomic E-state index is 0.440. The van der Waals surface area contributed by atoms with Crippen LogP contribution in [0.2, 0.25) is 0 Å². The maximum absolute atomic E-state index is 4.51. The van der Waals surface area contributed by atoms with Crippen LogP contribution in [-0.2, 0) is 0 Å². The van der Waals surface area contributed by atoms with Gasteiger partial charge in [-0.25, -0.2) is 9.97 Å². The highest BCUT2D eigenvalue weighted by atomic mass is 32.1. The molecule has 0 N–H and O–H groups in total. The number of hydrogen-bond donors (Lipinski definition) is 0. The lowest BCUT2D eigenvalue weighted by molar-refractivity contribution is 0.645. The minimum Gasteiger partial charge on any atom is -0.352 e. The van der Waals surface area contributed by atoms with Gasteiger partial charge in [0.1, 0.15) is 17.2 Å². The van der Waals surface area contributed by atoms with E-state index in [0.717, 1.165) is 47.7 Å². The Kier molecular flexibility index (Phi) is 3.86. The predicted molar refractivity (Wildman–Crippen MR) is 95.8 cm³/mol. The number of nitrogens with zero attached hydrogens (tertiary/aromatic N) is 6. The summed E-state index contributed by atoms with van der Waals surface area (Å²) < 4.78 is 1.18. The summed E-state index contributed by atoms with van der Waals surface area (Å²) in [6, 6.07) is 2.05. The average molecular weight is 346 g/mol. The van der Waals surface area contributed by atoms with Crippen molar-refractivity contribution in [3.8, 4) is 0 Å². The SMILES string of the molecule is CC(C)c1nnc(N2CCN(c3ncnc4ccsc34)CC2)s1. The van der Waals surface area contributed by atoms with Gasteiger partial charge in [0, 0.05) is 32.1 Å². The normalized spacial score (nSPS) is 15.8. The third kappa shape index (κ3) is 2.76. The molecule has 6 nitrogen and oxygen atoms in total. The molecule has 1 saturated heterocycles. The van der Waals surface area contributed by atoms with E-state index < -0.39 is 0 Å². The van der Waals surface area contributed by atoms with E-state index in [4.69, 9.17) is 0 Å². The second kappa shape index (κ2) is 6.01. The van der Waals surface area contributed by atoms with E-state index in [-0.39, 0.29) is 0 Å². The van der Waals surface area contributed by atoms with Crippen molar-refractivity contribution in [2.24, 2.45) is 0 Å². The summed E-state index contributed by atoms with van der Waals surface area (Å²) in [5.41, 5.74) is 1.04. The van der Waals surface area contributed by atoms with Crippen LogP contribution in [0.1, 0.15) is 24.8 Å². The number of fused-ring (bicyclic) bond motifs is 1. The van der Waals surface area contributed by atoms with Gasteiger partial charge in [-0.05, 0) is 11.4 Å². The van der Waals surface area contributed by atoms with Crippen molar-refractivity contribution in [2.75, 3.05) is 36.0 Å². The molecule has 0 aromatic carbocycles. The minimum absolute atomic E-state index is 0.440. The van der Waals surface area contributed by atoms with Gasteiger partial charge >= 0.3 is 0 Å². The molecule has 0 unspecified atom stereocenters. The zero-order valence-corrected chi connectivity index (χ0v) is 14.8. The molecule has 0 atom stereocenters. The number of hydrogen-bond acceptors (Lipinski definition) is 8. The monoisotopic (exact) mass is 346 g/mol. The first-order chi connectivity index (χ1) is 11.2. The van der Waals surface area contributed by atoms with E-state index >= 15 is 0 Å². The zero-order valence-electron chi connectivity index (χ0n) is 13.1. The lowest BCUT2D eigenvalue weighted by Gasteiger charge is -2.35. The molecule has 1 aliphatic rings. The first kappa shape index (κ1) is 14.8. The molecule has 4 rings (SSSR count). The summed E-state index contributed by atoms with van der Waals surface area (Å²) >= 11 is 3.42. The van der Waals surface area contributed by atoms with E-state index in [0.29, 0.717) is 5.92 Å². The Balaban J connectivity index is 1.49. The van der Waals surface area contributed by atoms with Crippen LogP contribution >= 0.6 is 22.7 Å². The second-order valence-electron chi connectivity index (χ2n) is 5.88. The molecule has 4 heterocycles. The molecule has 0 amide bonds. The fourth-order valence-electron chi connectivity index (χ4n) is 2.70. The van der Waals surface area contributed by atoms with Crippen molar-refractivity contribution in [3.63, 3.8) is 0 Å². The van der Waals surface area contributed by atoms with Crippen molar-refractivity contribution in [1.82, 2.24) is 20.2 Å². The van der Waals surface area contributed by atoms with Crippen LogP contribution in [-0.4, -0.2) is 46.3 Å². The smallest absolute Gasteiger partial charge is 0.208 e. The Hall–Kier alpha value is -1.80. The fraction of sp³-hybridized carbons (Fsp3) is 0.467. The van der Waals surface area contributed by atoms with Crippen molar-refractivity contribution in [2.45, 2.75) is 19.8 Å². The fourth-order valence-corrected chi connectivity index (χ4v) is 4.46. The first-order valence-corrected chi connectivity index (χ1v) is 9.43. The molecule has 1 aliphatic heterocycles. The van der Waals surface area contributed by atoms with E-state index in [2.05, 4.69) is 55.3 Å². The number of aromatic nitrogens is 4. The van der Waals surface area contributed by atoms with Gasteiger partial charge in [-0.2, -0.15) is 0 Å². The Labute approximate surface area is 142 Å². The number of piperazine rings is 1. The number of rotatable bonds is 3. The van der Waals surface area contributed by atoms with Gasteiger partial charge in [0.2, 0.25) is 5.13 Å². The van der Waals surface area contributed by atoms with Gasteiger partial charge in [0.05, 0.1) is 10.2 Å². The standard InChI is InChI=1S/C15H18N6S2/c1-10(2)14-18-19-15(23-14)21-6-4-20(5-7-21)13-12-11(3-8-22-12)16-9-17-13/h3,8-10H,4-7H2,1-2H3. The quantitative estimate of drug-likeness (QED) is 0.727. The molecular weight excluding hydrogens is 328 g/mol. The molecule has 8 heteroatoms. The maximum atomic E-state index is 4.51. The van der Waals surface area contributed by atoms with Crippen LogP contribution in [0, 0.1) is 0 Å². The Morgan fingerprint density at radius 1 is 1.04 bits per heavy atom. The van der Waals surface area contributed by atoms with Crippen molar-refractivity contribution in [3.05, 3.63) is 22.8 Å². The third-order valence-corrected chi connectivity index (χ3v) is 6.18. The molecule has 0 saturated carbocycles. The molecule has 1 fully saturated rings. The van der Waals surface area contributed by atoms with Gasteiger partial charge in [0.25, 0.3) is 0 Å². The van der Waals surface area contributed by atoms with Crippen LogP contribution in [0.3, 0.4) is 0 Å². The predicted octanol–water partition coefficient (Wildman–Crippen LogP) is 2.99. The summed E-state index contributed by atoms with van der Waals surface area (Å²) in [7, 11) is 0. The summed E-state index contributed by atoms with van der Waals surface area (Å²) in [4.78, 5) is 13.5. The van der Waals surface area contributed by atoms with E-state index in [1.807, 2.05) is 0 Å². The second-order valence-corrected chi connectivity index (χ2v) is 7.79. The Morgan fingerprint density at radius 2 is 1.83 bits per heavy atom. The van der Waals surface area contributed by atoms with Crippen LogP contribution in [0.25, 0.3) is 10.2 Å². The van der Waals surface area contributed by atoms with E-state index in [9.17, 15) is 0 Å². The van der Waals surface area contributed by atoms with Crippen LogP contribution in [0.15, 0.2) is 17.8 Å². The molecule has 120 valence electrons. The van der Waals surface area contributed by atoms with Crippen LogP contribution < -0.4 is 9.80 Å². The van der Waals surface area contributed by atoms with Gasteiger partial charge in [-0.3, -0.25) is 0 Å². The molecule has 0 aliphatic carbocycles. The van der Waals surface area contributed by atoms with E-state index in [1.54, 1.807) is 29.0 Å². The first-order valence-electron chi connectivity index (χ1n) is 7.74. The highest BCUT2D eigenvalue weighted by Gasteiger charge is 2.23. The van der Waals surface area contributed by atoms with Gasteiger partial charge in [0.15, 0.2) is 0 Å². The molecule has 0 spiro atoms. The zero-order chi connectivity index (χ0) is 15.8. The summed E-state index contributed by atoms with van der Waals surface area (Å²) in [6.45, 7) is 8.10. The lowest BCUT2D eigenvalue weighted by Crippen LogP contribution is -2.46. The molecule has 3 aromatic rings. The summed E-state index contributed by atoms with van der Waals surface area (Å²) in [6.07, 6.45) is 1.66.